The van der Waals surface area contributed by atoms with E-state index in [1.54, 1.807) is 12.4 Å². The first-order chi connectivity index (χ1) is 7.42. The van der Waals surface area contributed by atoms with Crippen molar-refractivity contribution in [3.8, 4) is 0 Å². The predicted molar refractivity (Wildman–Crippen MR) is 56.4 cm³/mol. The summed E-state index contributed by atoms with van der Waals surface area (Å²) >= 11 is 0. The molecule has 0 aliphatic rings. The van der Waals surface area contributed by atoms with Gasteiger partial charge in [-0.15, -0.1) is 0 Å². The molecular weight excluding hydrogens is 194 g/mol. The maximum Gasteiger partial charge on any atom is 0.182 e. The zero-order valence-electron chi connectivity index (χ0n) is 8.01. The molecule has 2 aromatic heterocycles. The van der Waals surface area contributed by atoms with Crippen molar-refractivity contribution in [2.45, 2.75) is 0 Å². The second kappa shape index (κ2) is 4.52. The van der Waals surface area contributed by atoms with Crippen LogP contribution >= 0.6 is 0 Å². The lowest BCUT2D eigenvalue weighted by Crippen LogP contribution is -2.02. The Balaban J connectivity index is 2.13. The molecule has 6 nitrogen and oxygen atoms in total. The summed E-state index contributed by atoms with van der Waals surface area (Å²) in [5.74, 6) is 0.708. The number of aliphatic hydroxyl groups is 1. The lowest BCUT2D eigenvalue weighted by atomic mass is 10.4. The number of aromatic nitrogens is 4. The average Bonchev–Trinajstić information content (AvgIpc) is 2.73. The minimum Gasteiger partial charge on any atom is -0.392 e. The van der Waals surface area contributed by atoms with Gasteiger partial charge in [0.1, 0.15) is 11.8 Å². The quantitative estimate of drug-likeness (QED) is 0.625. The zero-order chi connectivity index (χ0) is 10.5. The van der Waals surface area contributed by atoms with Gasteiger partial charge in [0.2, 0.25) is 0 Å². The monoisotopic (exact) mass is 205 g/mol. The third-order valence-electron chi connectivity index (χ3n) is 1.88. The normalized spacial score (nSPS) is 11.3. The van der Waals surface area contributed by atoms with Gasteiger partial charge in [-0.1, -0.05) is 12.2 Å². The Kier molecular flexibility index (Phi) is 2.89. The Bertz CT molecular complexity index is 464. The molecule has 3 N–H and O–H groups in total. The molecule has 0 amide bonds. The first-order valence-electron chi connectivity index (χ1n) is 4.55. The van der Waals surface area contributed by atoms with E-state index >= 15 is 0 Å². The maximum absolute atomic E-state index is 8.55. The van der Waals surface area contributed by atoms with Crippen LogP contribution in [0.4, 0.5) is 5.82 Å². The number of hydrogen-bond acceptors (Lipinski definition) is 5. The number of nitrogens with one attached hydrogen (secondary N) is 2. The molecule has 0 unspecified atom stereocenters. The maximum atomic E-state index is 8.55. The molecule has 0 spiro atoms. The third kappa shape index (κ3) is 2.10. The van der Waals surface area contributed by atoms with E-state index in [-0.39, 0.29) is 6.61 Å². The number of aromatic amines is 1. The van der Waals surface area contributed by atoms with Crippen molar-refractivity contribution in [3.05, 3.63) is 24.8 Å². The van der Waals surface area contributed by atoms with Crippen LogP contribution in [0.3, 0.4) is 0 Å². The smallest absolute Gasteiger partial charge is 0.182 e. The van der Waals surface area contributed by atoms with Gasteiger partial charge in [-0.2, -0.15) is 0 Å². The number of anilines is 1. The Morgan fingerprint density at radius 1 is 1.33 bits per heavy atom. The van der Waals surface area contributed by atoms with Gasteiger partial charge in [0.05, 0.1) is 12.9 Å². The highest BCUT2D eigenvalue weighted by Gasteiger charge is 2.03. The van der Waals surface area contributed by atoms with Gasteiger partial charge in [-0.3, -0.25) is 0 Å². The molecular formula is C9H11N5O. The Hall–Kier alpha value is -1.95. The molecule has 15 heavy (non-hydrogen) atoms. The molecule has 78 valence electrons. The average molecular weight is 205 g/mol. The van der Waals surface area contributed by atoms with Crippen LogP contribution in [-0.2, 0) is 0 Å². The Labute approximate surface area is 86.1 Å². The van der Waals surface area contributed by atoms with Crippen LogP contribution in [-0.4, -0.2) is 38.2 Å². The molecule has 0 aliphatic carbocycles. The van der Waals surface area contributed by atoms with Crippen molar-refractivity contribution in [3.63, 3.8) is 0 Å². The topological polar surface area (TPSA) is 86.7 Å². The zero-order valence-corrected chi connectivity index (χ0v) is 8.01. The minimum atomic E-state index is 0.0465. The molecule has 0 saturated carbocycles. The largest absolute Gasteiger partial charge is 0.392 e. The van der Waals surface area contributed by atoms with Crippen LogP contribution < -0.4 is 5.32 Å². The van der Waals surface area contributed by atoms with E-state index in [0.717, 1.165) is 5.52 Å². The minimum absolute atomic E-state index is 0.0465. The highest BCUT2D eigenvalue weighted by atomic mass is 16.2. The fourth-order valence-corrected chi connectivity index (χ4v) is 1.21. The van der Waals surface area contributed by atoms with Crippen molar-refractivity contribution < 1.29 is 5.11 Å². The molecule has 0 bridgehead atoms. The van der Waals surface area contributed by atoms with Crippen LogP contribution in [0.25, 0.3) is 11.2 Å². The molecule has 0 saturated heterocycles. The van der Waals surface area contributed by atoms with E-state index in [4.69, 9.17) is 5.11 Å². The van der Waals surface area contributed by atoms with Gasteiger partial charge >= 0.3 is 0 Å². The van der Waals surface area contributed by atoms with Crippen LogP contribution in [0.1, 0.15) is 0 Å². The molecule has 6 heteroatoms. The molecule has 0 fully saturated rings. The van der Waals surface area contributed by atoms with Crippen molar-refractivity contribution in [2.75, 3.05) is 18.5 Å². The number of hydrogen-bond donors (Lipinski definition) is 3. The van der Waals surface area contributed by atoms with Gasteiger partial charge in [0.25, 0.3) is 0 Å². The summed E-state index contributed by atoms with van der Waals surface area (Å²) in [6, 6.07) is 0. The van der Waals surface area contributed by atoms with Gasteiger partial charge < -0.3 is 15.4 Å². The summed E-state index contributed by atoms with van der Waals surface area (Å²) < 4.78 is 0. The number of aliphatic hydroxyl groups excluding tert-OH is 1. The van der Waals surface area contributed by atoms with Crippen LogP contribution in [0.15, 0.2) is 24.8 Å². The number of imidazole rings is 1. The molecule has 0 radical (unpaired) electrons. The fraction of sp³-hybridized carbons (Fsp3) is 0.222. The van der Waals surface area contributed by atoms with Crippen molar-refractivity contribution in [2.24, 2.45) is 0 Å². The van der Waals surface area contributed by atoms with Gasteiger partial charge in [-0.05, 0) is 0 Å². The van der Waals surface area contributed by atoms with E-state index in [1.165, 1.54) is 6.33 Å². The second-order valence-corrected chi connectivity index (χ2v) is 2.86. The summed E-state index contributed by atoms with van der Waals surface area (Å²) in [5.41, 5.74) is 1.42. The molecule has 0 atom stereocenters. The van der Waals surface area contributed by atoms with Gasteiger partial charge in [0.15, 0.2) is 11.5 Å². The second-order valence-electron chi connectivity index (χ2n) is 2.86. The highest BCUT2D eigenvalue weighted by Crippen LogP contribution is 2.13. The standard InChI is InChI=1S/C9H11N5O/c15-4-2-1-3-10-8-7-9(12-5-11-7)14-6-13-8/h1-2,5-6,15H,3-4H2,(H2,10,11,12,13,14). The molecule has 2 aromatic rings. The number of H-pyrrole nitrogens is 1. The van der Waals surface area contributed by atoms with Crippen molar-refractivity contribution >= 4 is 17.0 Å². The summed E-state index contributed by atoms with van der Waals surface area (Å²) in [5, 5.41) is 11.6. The first-order valence-corrected chi connectivity index (χ1v) is 4.55. The summed E-state index contributed by atoms with van der Waals surface area (Å²) in [6.07, 6.45) is 6.53. The van der Waals surface area contributed by atoms with Crippen molar-refractivity contribution in [1.29, 1.82) is 0 Å². The number of nitrogens with zero attached hydrogens (tertiary/aromatic N) is 3. The van der Waals surface area contributed by atoms with E-state index in [1.807, 2.05) is 6.08 Å². The van der Waals surface area contributed by atoms with Gasteiger partial charge in [-0.25, -0.2) is 15.0 Å². The lowest BCUT2D eigenvalue weighted by molar-refractivity contribution is 0.342. The van der Waals surface area contributed by atoms with Crippen LogP contribution in [0, 0.1) is 0 Å². The van der Waals surface area contributed by atoms with Gasteiger partial charge in [0, 0.05) is 6.54 Å². The van der Waals surface area contributed by atoms with Crippen LogP contribution in [0.2, 0.25) is 0 Å². The number of fused-ring (bicyclic) bond motifs is 1. The lowest BCUT2D eigenvalue weighted by Gasteiger charge is -2.01. The van der Waals surface area contributed by atoms with E-state index in [9.17, 15) is 0 Å². The summed E-state index contributed by atoms with van der Waals surface area (Å²) in [7, 11) is 0. The van der Waals surface area contributed by atoms with E-state index in [0.29, 0.717) is 18.0 Å². The van der Waals surface area contributed by atoms with E-state index in [2.05, 4.69) is 25.3 Å². The third-order valence-corrected chi connectivity index (χ3v) is 1.88. The molecule has 0 aliphatic heterocycles. The molecule has 2 rings (SSSR count). The van der Waals surface area contributed by atoms with E-state index < -0.39 is 0 Å². The Morgan fingerprint density at radius 2 is 2.27 bits per heavy atom. The molecule has 2 heterocycles. The Morgan fingerprint density at radius 3 is 3.13 bits per heavy atom. The predicted octanol–water partition coefficient (Wildman–Crippen LogP) is 0.313. The fourth-order valence-electron chi connectivity index (χ4n) is 1.21. The SMILES string of the molecule is OCC=CCNc1ncnc2nc[nH]c12. The summed E-state index contributed by atoms with van der Waals surface area (Å²) in [4.78, 5) is 15.1. The number of rotatable bonds is 4. The highest BCUT2D eigenvalue weighted by molar-refractivity contribution is 5.81. The van der Waals surface area contributed by atoms with Crippen molar-refractivity contribution in [1.82, 2.24) is 19.9 Å². The summed E-state index contributed by atoms with van der Waals surface area (Å²) in [6.45, 7) is 0.649. The molecule has 0 aromatic carbocycles. The first kappa shape index (κ1) is 9.60. The van der Waals surface area contributed by atoms with Crippen LogP contribution in [0.5, 0.6) is 0 Å².